The zero-order valence-corrected chi connectivity index (χ0v) is 12.5. The predicted octanol–water partition coefficient (Wildman–Crippen LogP) is 1.72. The molecule has 0 bridgehead atoms. The molecule has 6 nitrogen and oxygen atoms in total. The van der Waals surface area contributed by atoms with Crippen LogP contribution in [0, 0.1) is 6.92 Å². The molecule has 1 amide bonds. The molecule has 0 unspecified atom stereocenters. The lowest BCUT2D eigenvalue weighted by molar-refractivity contribution is -0.116. The van der Waals surface area contributed by atoms with E-state index in [1.54, 1.807) is 6.20 Å². The van der Waals surface area contributed by atoms with Crippen LogP contribution in [0.5, 0.6) is 0 Å². The molecule has 0 aliphatic heterocycles. The van der Waals surface area contributed by atoms with Gasteiger partial charge < -0.3 is 10.6 Å². The fourth-order valence-corrected chi connectivity index (χ4v) is 2.41. The van der Waals surface area contributed by atoms with Gasteiger partial charge in [0.05, 0.1) is 5.69 Å². The number of nitrogens with zero attached hydrogens (tertiary/aromatic N) is 2. The minimum Gasteiger partial charge on any atom is -0.313 e. The van der Waals surface area contributed by atoms with Gasteiger partial charge in [0.2, 0.25) is 5.91 Å². The summed E-state index contributed by atoms with van der Waals surface area (Å²) < 4.78 is 0. The van der Waals surface area contributed by atoms with Gasteiger partial charge in [-0.15, -0.1) is 11.3 Å². The van der Waals surface area contributed by atoms with Crippen molar-refractivity contribution in [3.05, 3.63) is 29.0 Å². The van der Waals surface area contributed by atoms with Crippen LogP contribution in [0.4, 0.5) is 5.13 Å². The van der Waals surface area contributed by atoms with Crippen molar-refractivity contribution in [1.82, 2.24) is 20.5 Å². The van der Waals surface area contributed by atoms with Crippen LogP contribution in [-0.4, -0.2) is 33.7 Å². The van der Waals surface area contributed by atoms with Gasteiger partial charge in [0, 0.05) is 42.7 Å². The lowest BCUT2D eigenvalue weighted by Crippen LogP contribution is -2.31. The lowest BCUT2D eigenvalue weighted by Gasteiger charge is -2.11. The Morgan fingerprint density at radius 3 is 3.05 bits per heavy atom. The number of carbonyl (C=O) groups excluding carboxylic acids is 1. The Kier molecular flexibility index (Phi) is 5.25. The molecule has 7 heteroatoms. The monoisotopic (exact) mass is 293 g/mol. The van der Waals surface area contributed by atoms with Gasteiger partial charge in [-0.1, -0.05) is 0 Å². The second-order valence-electron chi connectivity index (χ2n) is 4.74. The highest BCUT2D eigenvalue weighted by atomic mass is 32.1. The Bertz CT molecular complexity index is 537. The molecule has 0 fully saturated rings. The Balaban J connectivity index is 1.63. The van der Waals surface area contributed by atoms with E-state index < -0.39 is 0 Å². The first kappa shape index (κ1) is 14.7. The third kappa shape index (κ3) is 4.75. The van der Waals surface area contributed by atoms with Crippen molar-refractivity contribution < 1.29 is 4.79 Å². The van der Waals surface area contributed by atoms with Crippen molar-refractivity contribution in [2.45, 2.75) is 32.7 Å². The highest BCUT2D eigenvalue weighted by Gasteiger charge is 2.08. The highest BCUT2D eigenvalue weighted by Crippen LogP contribution is 2.10. The molecule has 2 aromatic rings. The van der Waals surface area contributed by atoms with Crippen LogP contribution in [0.25, 0.3) is 0 Å². The number of amides is 1. The normalized spacial score (nSPS) is 12.3. The third-order valence-electron chi connectivity index (χ3n) is 2.80. The number of rotatable bonds is 7. The molecule has 1 atom stereocenters. The summed E-state index contributed by atoms with van der Waals surface area (Å²) in [5.41, 5.74) is 2.10. The maximum atomic E-state index is 11.7. The fourth-order valence-electron chi connectivity index (χ4n) is 1.86. The van der Waals surface area contributed by atoms with E-state index in [0.717, 1.165) is 17.8 Å². The third-order valence-corrected chi connectivity index (χ3v) is 3.49. The minimum atomic E-state index is -0.0183. The molecular formula is C13H19N5OS. The summed E-state index contributed by atoms with van der Waals surface area (Å²) in [5.74, 6) is -0.0183. The van der Waals surface area contributed by atoms with Crippen LogP contribution < -0.4 is 10.6 Å². The molecule has 2 heterocycles. The first-order valence-corrected chi connectivity index (χ1v) is 7.45. The van der Waals surface area contributed by atoms with Gasteiger partial charge in [0.1, 0.15) is 0 Å². The molecule has 3 N–H and O–H groups in total. The molecule has 0 aromatic carbocycles. The van der Waals surface area contributed by atoms with Crippen LogP contribution in [0.2, 0.25) is 0 Å². The van der Waals surface area contributed by atoms with E-state index in [9.17, 15) is 4.79 Å². The highest BCUT2D eigenvalue weighted by molar-refractivity contribution is 7.13. The van der Waals surface area contributed by atoms with Crippen LogP contribution >= 0.6 is 11.3 Å². The van der Waals surface area contributed by atoms with E-state index in [4.69, 9.17) is 0 Å². The topological polar surface area (TPSA) is 82.7 Å². The zero-order valence-electron chi connectivity index (χ0n) is 11.6. The number of hydrogen-bond donors (Lipinski definition) is 3. The maximum Gasteiger partial charge on any atom is 0.227 e. The van der Waals surface area contributed by atoms with E-state index in [1.807, 2.05) is 18.4 Å². The van der Waals surface area contributed by atoms with E-state index in [0.29, 0.717) is 18.1 Å². The molecule has 0 aliphatic carbocycles. The molecule has 0 saturated carbocycles. The number of hydrogen-bond acceptors (Lipinski definition) is 5. The molecule has 0 radical (unpaired) electrons. The maximum absolute atomic E-state index is 11.7. The second-order valence-corrected chi connectivity index (χ2v) is 5.63. The van der Waals surface area contributed by atoms with Crippen molar-refractivity contribution in [1.29, 1.82) is 0 Å². The Morgan fingerprint density at radius 1 is 1.55 bits per heavy atom. The van der Waals surface area contributed by atoms with Crippen LogP contribution in [0.15, 0.2) is 17.6 Å². The van der Waals surface area contributed by atoms with Crippen LogP contribution in [0.1, 0.15) is 24.7 Å². The molecule has 0 saturated heterocycles. The molecular weight excluding hydrogens is 274 g/mol. The Labute approximate surface area is 122 Å². The van der Waals surface area contributed by atoms with Gasteiger partial charge in [-0.25, -0.2) is 4.98 Å². The Hall–Kier alpha value is -1.73. The first-order chi connectivity index (χ1) is 9.63. The summed E-state index contributed by atoms with van der Waals surface area (Å²) in [6, 6.07) is 2.32. The fraction of sp³-hybridized carbons (Fsp3) is 0.462. The number of H-pyrrole nitrogens is 1. The second kappa shape index (κ2) is 7.16. The van der Waals surface area contributed by atoms with Crippen molar-refractivity contribution in [2.24, 2.45) is 0 Å². The number of aromatic amines is 1. The van der Waals surface area contributed by atoms with Gasteiger partial charge in [-0.3, -0.25) is 9.89 Å². The van der Waals surface area contributed by atoms with Crippen molar-refractivity contribution in [3.8, 4) is 0 Å². The summed E-state index contributed by atoms with van der Waals surface area (Å²) in [6.07, 6.45) is 2.95. The number of nitrogens with one attached hydrogen (secondary N) is 3. The van der Waals surface area contributed by atoms with Crippen molar-refractivity contribution >= 4 is 22.4 Å². The van der Waals surface area contributed by atoms with E-state index in [-0.39, 0.29) is 11.9 Å². The molecule has 2 aromatic heterocycles. The molecule has 108 valence electrons. The average Bonchev–Trinajstić information content (AvgIpc) is 3.01. The van der Waals surface area contributed by atoms with Crippen molar-refractivity contribution in [3.63, 3.8) is 0 Å². The van der Waals surface area contributed by atoms with Gasteiger partial charge >= 0.3 is 0 Å². The summed E-state index contributed by atoms with van der Waals surface area (Å²) >= 11 is 1.42. The Morgan fingerprint density at radius 2 is 2.40 bits per heavy atom. The predicted molar refractivity (Wildman–Crippen MR) is 79.9 cm³/mol. The quantitative estimate of drug-likeness (QED) is 0.726. The molecule has 20 heavy (non-hydrogen) atoms. The number of thiazole rings is 1. The number of anilines is 1. The number of aryl methyl sites for hydroxylation is 1. The van der Waals surface area contributed by atoms with Crippen molar-refractivity contribution in [2.75, 3.05) is 11.9 Å². The van der Waals surface area contributed by atoms with Gasteiger partial charge in [0.25, 0.3) is 0 Å². The van der Waals surface area contributed by atoms with E-state index in [2.05, 4.69) is 32.7 Å². The lowest BCUT2D eigenvalue weighted by atomic mass is 10.2. The van der Waals surface area contributed by atoms with Gasteiger partial charge in [-0.2, -0.15) is 5.10 Å². The average molecular weight is 293 g/mol. The summed E-state index contributed by atoms with van der Waals surface area (Å²) in [7, 11) is 0. The minimum absolute atomic E-state index is 0.0183. The van der Waals surface area contributed by atoms with Crippen LogP contribution in [-0.2, 0) is 11.2 Å². The smallest absolute Gasteiger partial charge is 0.227 e. The zero-order chi connectivity index (χ0) is 14.4. The summed E-state index contributed by atoms with van der Waals surface area (Å²) in [5, 5.41) is 15.7. The number of carbonyl (C=O) groups is 1. The van der Waals surface area contributed by atoms with Gasteiger partial charge in [-0.05, 0) is 19.9 Å². The first-order valence-electron chi connectivity index (χ1n) is 6.57. The molecule has 0 spiro atoms. The van der Waals surface area contributed by atoms with E-state index >= 15 is 0 Å². The number of aromatic nitrogens is 3. The summed E-state index contributed by atoms with van der Waals surface area (Å²) in [4.78, 5) is 15.7. The standard InChI is InChI=1S/C13H19N5OS/c1-9(7-11-8-10(2)17-18-11)14-4-3-12(19)16-13-15-5-6-20-13/h5-6,8-9,14H,3-4,7H2,1-2H3,(H,17,18)(H,15,16,19)/t9-/m1/s1. The molecule has 0 aliphatic rings. The van der Waals surface area contributed by atoms with Crippen LogP contribution in [0.3, 0.4) is 0 Å². The SMILES string of the molecule is Cc1cc(C[C@@H](C)NCCC(=O)Nc2nccs2)n[nH]1. The largest absolute Gasteiger partial charge is 0.313 e. The van der Waals surface area contributed by atoms with Gasteiger partial charge in [0.15, 0.2) is 5.13 Å². The molecule has 2 rings (SSSR count). The summed E-state index contributed by atoms with van der Waals surface area (Å²) in [6.45, 7) is 4.71. The van der Waals surface area contributed by atoms with E-state index in [1.165, 1.54) is 11.3 Å².